The molecular weight excluding hydrogens is 400 g/mol. The number of rotatable bonds is 6. The highest BCUT2D eigenvalue weighted by Crippen LogP contribution is 2.34. The topological polar surface area (TPSA) is 51.0 Å². The van der Waals surface area contributed by atoms with Gasteiger partial charge in [-0.25, -0.2) is 4.39 Å². The van der Waals surface area contributed by atoms with Crippen LogP contribution in [0.1, 0.15) is 18.1 Å². The summed E-state index contributed by atoms with van der Waals surface area (Å²) in [5.41, 5.74) is 1.44. The first-order valence-electron chi connectivity index (χ1n) is 6.65. The SMILES string of the molecule is CCOc1cc(/C=N\O)cc(I)c1OCc1cccc(F)c1. The first-order chi connectivity index (χ1) is 10.6. The maximum atomic E-state index is 13.2. The van der Waals surface area contributed by atoms with E-state index < -0.39 is 0 Å². The molecule has 0 bridgehead atoms. The van der Waals surface area contributed by atoms with Gasteiger partial charge in [-0.15, -0.1) is 0 Å². The Morgan fingerprint density at radius 2 is 2.09 bits per heavy atom. The lowest BCUT2D eigenvalue weighted by molar-refractivity contribution is 0.267. The molecule has 0 aliphatic heterocycles. The highest BCUT2D eigenvalue weighted by Gasteiger charge is 2.12. The van der Waals surface area contributed by atoms with E-state index in [1.165, 1.54) is 18.3 Å². The van der Waals surface area contributed by atoms with Crippen LogP contribution in [0, 0.1) is 9.39 Å². The lowest BCUT2D eigenvalue weighted by atomic mass is 10.2. The zero-order valence-electron chi connectivity index (χ0n) is 11.9. The summed E-state index contributed by atoms with van der Waals surface area (Å²) in [6.07, 6.45) is 1.32. The van der Waals surface area contributed by atoms with E-state index in [0.29, 0.717) is 23.7 Å². The van der Waals surface area contributed by atoms with Crippen LogP contribution in [-0.4, -0.2) is 18.0 Å². The van der Waals surface area contributed by atoms with E-state index >= 15 is 0 Å². The lowest BCUT2D eigenvalue weighted by Crippen LogP contribution is -2.02. The number of nitrogens with zero attached hydrogens (tertiary/aromatic N) is 1. The van der Waals surface area contributed by atoms with Gasteiger partial charge in [-0.05, 0) is 59.3 Å². The summed E-state index contributed by atoms with van der Waals surface area (Å²) in [4.78, 5) is 0. The minimum absolute atomic E-state index is 0.237. The molecule has 116 valence electrons. The van der Waals surface area contributed by atoms with Crippen LogP contribution in [0.25, 0.3) is 0 Å². The Morgan fingerprint density at radius 3 is 2.77 bits per heavy atom. The monoisotopic (exact) mass is 415 g/mol. The van der Waals surface area contributed by atoms with Gasteiger partial charge in [0.25, 0.3) is 0 Å². The molecule has 0 unspecified atom stereocenters. The fourth-order valence-corrected chi connectivity index (χ4v) is 2.70. The molecule has 0 radical (unpaired) electrons. The third-order valence-electron chi connectivity index (χ3n) is 2.81. The minimum Gasteiger partial charge on any atom is -0.490 e. The smallest absolute Gasteiger partial charge is 0.175 e. The molecule has 0 fully saturated rings. The second-order valence-electron chi connectivity index (χ2n) is 4.43. The Morgan fingerprint density at radius 1 is 1.27 bits per heavy atom. The van der Waals surface area contributed by atoms with Gasteiger partial charge in [0.1, 0.15) is 12.4 Å². The number of benzene rings is 2. The number of hydrogen-bond donors (Lipinski definition) is 1. The summed E-state index contributed by atoms with van der Waals surface area (Å²) in [6, 6.07) is 9.80. The summed E-state index contributed by atoms with van der Waals surface area (Å²) in [7, 11) is 0. The molecule has 0 atom stereocenters. The first kappa shape index (κ1) is 16.5. The summed E-state index contributed by atoms with van der Waals surface area (Å²) in [5.74, 6) is 0.845. The average molecular weight is 415 g/mol. The molecule has 2 rings (SSSR count). The van der Waals surface area contributed by atoms with Crippen LogP contribution in [0.2, 0.25) is 0 Å². The second kappa shape index (κ2) is 7.98. The second-order valence-corrected chi connectivity index (χ2v) is 5.59. The normalized spacial score (nSPS) is 10.9. The third-order valence-corrected chi connectivity index (χ3v) is 3.61. The zero-order chi connectivity index (χ0) is 15.9. The molecule has 0 aliphatic rings. The van der Waals surface area contributed by atoms with Gasteiger partial charge >= 0.3 is 0 Å². The summed E-state index contributed by atoms with van der Waals surface area (Å²) in [6.45, 7) is 2.59. The summed E-state index contributed by atoms with van der Waals surface area (Å²) < 4.78 is 25.4. The fourth-order valence-electron chi connectivity index (χ4n) is 1.91. The van der Waals surface area contributed by atoms with Crippen molar-refractivity contribution in [1.29, 1.82) is 0 Å². The standard InChI is InChI=1S/C16H15FINO3/c1-2-21-15-8-12(9-19-20)7-14(18)16(15)22-10-11-4-3-5-13(17)6-11/h3-9,20H,2,10H2,1H3/b19-9-. The predicted molar refractivity (Wildman–Crippen MR) is 90.4 cm³/mol. The van der Waals surface area contributed by atoms with Gasteiger partial charge in [-0.2, -0.15) is 0 Å². The van der Waals surface area contributed by atoms with Gasteiger partial charge < -0.3 is 14.7 Å². The van der Waals surface area contributed by atoms with E-state index in [9.17, 15) is 4.39 Å². The van der Waals surface area contributed by atoms with Crippen molar-refractivity contribution in [2.24, 2.45) is 5.16 Å². The van der Waals surface area contributed by atoms with Crippen molar-refractivity contribution in [3.63, 3.8) is 0 Å². The molecule has 0 saturated heterocycles. The quantitative estimate of drug-likeness (QED) is 0.333. The Labute approximate surface area is 141 Å². The average Bonchev–Trinajstić information content (AvgIpc) is 2.47. The Kier molecular flexibility index (Phi) is 6.00. The summed E-state index contributed by atoms with van der Waals surface area (Å²) >= 11 is 2.12. The van der Waals surface area contributed by atoms with E-state index in [4.69, 9.17) is 14.7 Å². The molecule has 0 saturated carbocycles. The van der Waals surface area contributed by atoms with Crippen molar-refractivity contribution < 1.29 is 19.1 Å². The van der Waals surface area contributed by atoms with Crippen LogP contribution in [0.5, 0.6) is 11.5 Å². The van der Waals surface area contributed by atoms with Gasteiger partial charge in [0.05, 0.1) is 16.4 Å². The highest BCUT2D eigenvalue weighted by molar-refractivity contribution is 14.1. The lowest BCUT2D eigenvalue weighted by Gasteiger charge is -2.14. The number of ether oxygens (including phenoxy) is 2. The Hall–Kier alpha value is -1.83. The third kappa shape index (κ3) is 4.33. The highest BCUT2D eigenvalue weighted by atomic mass is 127. The number of oxime groups is 1. The van der Waals surface area contributed by atoms with Crippen LogP contribution in [0.15, 0.2) is 41.6 Å². The molecule has 1 N–H and O–H groups in total. The van der Waals surface area contributed by atoms with Gasteiger partial charge in [-0.1, -0.05) is 17.3 Å². The van der Waals surface area contributed by atoms with E-state index in [1.54, 1.807) is 18.2 Å². The molecule has 4 nitrogen and oxygen atoms in total. The van der Waals surface area contributed by atoms with E-state index in [0.717, 1.165) is 9.13 Å². The molecular formula is C16H15FINO3. The molecule has 0 spiro atoms. The van der Waals surface area contributed by atoms with Crippen molar-refractivity contribution in [2.75, 3.05) is 6.61 Å². The van der Waals surface area contributed by atoms with E-state index in [-0.39, 0.29) is 12.4 Å². The van der Waals surface area contributed by atoms with Gasteiger partial charge in [0, 0.05) is 5.56 Å². The molecule has 2 aromatic carbocycles. The number of halogens is 2. The van der Waals surface area contributed by atoms with Gasteiger partial charge in [0.15, 0.2) is 11.5 Å². The maximum Gasteiger partial charge on any atom is 0.175 e. The number of hydrogen-bond acceptors (Lipinski definition) is 4. The van der Waals surface area contributed by atoms with Crippen LogP contribution in [0.3, 0.4) is 0 Å². The van der Waals surface area contributed by atoms with Crippen LogP contribution >= 0.6 is 22.6 Å². The molecule has 0 amide bonds. The van der Waals surface area contributed by atoms with Crippen molar-refractivity contribution >= 4 is 28.8 Å². The molecule has 0 heterocycles. The van der Waals surface area contributed by atoms with Crippen molar-refractivity contribution in [2.45, 2.75) is 13.5 Å². The van der Waals surface area contributed by atoms with E-state index in [1.807, 2.05) is 13.0 Å². The van der Waals surface area contributed by atoms with Crippen molar-refractivity contribution in [1.82, 2.24) is 0 Å². The fraction of sp³-hybridized carbons (Fsp3) is 0.188. The van der Waals surface area contributed by atoms with Gasteiger partial charge in [-0.3, -0.25) is 0 Å². The Bertz CT molecular complexity index is 676. The molecule has 0 aromatic heterocycles. The van der Waals surface area contributed by atoms with Crippen molar-refractivity contribution in [3.05, 3.63) is 56.9 Å². The van der Waals surface area contributed by atoms with E-state index in [2.05, 4.69) is 27.7 Å². The van der Waals surface area contributed by atoms with Crippen LogP contribution < -0.4 is 9.47 Å². The molecule has 22 heavy (non-hydrogen) atoms. The largest absolute Gasteiger partial charge is 0.490 e. The molecule has 0 aliphatic carbocycles. The summed E-state index contributed by atoms with van der Waals surface area (Å²) in [5, 5.41) is 11.7. The minimum atomic E-state index is -0.296. The zero-order valence-corrected chi connectivity index (χ0v) is 14.1. The molecule has 2 aromatic rings. The Balaban J connectivity index is 2.25. The van der Waals surface area contributed by atoms with Crippen LogP contribution in [0.4, 0.5) is 4.39 Å². The first-order valence-corrected chi connectivity index (χ1v) is 7.73. The maximum absolute atomic E-state index is 13.2. The molecule has 6 heteroatoms. The van der Waals surface area contributed by atoms with Crippen molar-refractivity contribution in [3.8, 4) is 11.5 Å². The van der Waals surface area contributed by atoms with Crippen LogP contribution in [-0.2, 0) is 6.61 Å². The predicted octanol–water partition coefficient (Wildman–Crippen LogP) is 4.22. The van der Waals surface area contributed by atoms with Gasteiger partial charge in [0.2, 0.25) is 0 Å².